The molecule has 0 aromatic rings. The number of carboxylic acids is 1. The number of aliphatic carboxylic acids is 1. The van der Waals surface area contributed by atoms with Gasteiger partial charge in [-0.15, -0.1) is 0 Å². The third kappa shape index (κ3) is 8.58. The highest BCUT2D eigenvalue weighted by Crippen LogP contribution is 2.54. The van der Waals surface area contributed by atoms with Crippen molar-refractivity contribution in [3.63, 3.8) is 0 Å². The van der Waals surface area contributed by atoms with Crippen LogP contribution < -0.4 is 5.32 Å². The Morgan fingerprint density at radius 2 is 1.49 bits per heavy atom. The van der Waals surface area contributed by atoms with Crippen molar-refractivity contribution in [1.82, 2.24) is 5.32 Å². The monoisotopic (exact) mass is 804 g/mol. The smallest absolute Gasteiger partial charge is 0.309 e. The first-order valence-corrected chi connectivity index (χ1v) is 22.8. The number of aliphatic hydroxyl groups is 2. The van der Waals surface area contributed by atoms with E-state index in [2.05, 4.69) is 45.2 Å². The van der Waals surface area contributed by atoms with E-state index in [4.69, 9.17) is 23.7 Å². The van der Waals surface area contributed by atoms with Gasteiger partial charge in [0.1, 0.15) is 5.78 Å². The summed E-state index contributed by atoms with van der Waals surface area (Å²) in [6.45, 7) is 22.2. The van der Waals surface area contributed by atoms with Crippen molar-refractivity contribution >= 4 is 11.8 Å². The van der Waals surface area contributed by atoms with Crippen LogP contribution in [0.3, 0.4) is 0 Å². The van der Waals surface area contributed by atoms with Crippen molar-refractivity contribution in [3.8, 4) is 0 Å². The minimum atomic E-state index is -1.12. The maximum absolute atomic E-state index is 14.6. The van der Waals surface area contributed by atoms with Gasteiger partial charge >= 0.3 is 5.97 Å². The predicted octanol–water partition coefficient (Wildman–Crippen LogP) is 7.19. The molecular weight excluding hydrogens is 727 g/mol. The van der Waals surface area contributed by atoms with E-state index < -0.39 is 64.8 Å². The summed E-state index contributed by atoms with van der Waals surface area (Å²) in [5.74, 6) is -4.96. The molecule has 4 saturated heterocycles. The Morgan fingerprint density at radius 1 is 0.842 bits per heavy atom. The zero-order valence-corrected chi connectivity index (χ0v) is 36.9. The number of hydrogen-bond acceptors (Lipinski definition) is 10. The van der Waals surface area contributed by atoms with Crippen molar-refractivity contribution < 1.29 is 48.6 Å². The van der Waals surface area contributed by atoms with Crippen LogP contribution in [0, 0.1) is 47.3 Å². The Labute approximate surface area is 342 Å². The molecular formula is C46H77NO10. The van der Waals surface area contributed by atoms with Gasteiger partial charge in [-0.05, 0) is 102 Å². The second-order valence-electron chi connectivity index (χ2n) is 20.0. The molecule has 11 heteroatoms. The quantitative estimate of drug-likeness (QED) is 0.132. The first-order valence-electron chi connectivity index (χ1n) is 22.8. The molecule has 0 amide bonds. The molecule has 0 aromatic carbocycles. The van der Waals surface area contributed by atoms with Crippen LogP contribution in [0.2, 0.25) is 0 Å². The first-order chi connectivity index (χ1) is 26.8. The van der Waals surface area contributed by atoms with Crippen LogP contribution in [-0.4, -0.2) is 98.6 Å². The van der Waals surface area contributed by atoms with E-state index in [0.29, 0.717) is 44.6 Å². The molecule has 5 fully saturated rings. The first kappa shape index (κ1) is 45.1. The molecule has 57 heavy (non-hydrogen) atoms. The second-order valence-corrected chi connectivity index (χ2v) is 20.0. The van der Waals surface area contributed by atoms with E-state index in [9.17, 15) is 24.9 Å². The number of carbonyl (C=O) groups is 2. The van der Waals surface area contributed by atoms with Crippen LogP contribution in [0.25, 0.3) is 0 Å². The Balaban J connectivity index is 1.20. The van der Waals surface area contributed by atoms with Gasteiger partial charge in [-0.2, -0.15) is 0 Å². The normalized spacial score (nSPS) is 46.4. The van der Waals surface area contributed by atoms with Crippen molar-refractivity contribution in [2.24, 2.45) is 47.3 Å². The van der Waals surface area contributed by atoms with Crippen LogP contribution in [0.5, 0.6) is 0 Å². The van der Waals surface area contributed by atoms with Gasteiger partial charge in [0.05, 0.1) is 59.8 Å². The fraction of sp³-hybridized carbons (Fsp3) is 0.913. The Bertz CT molecular complexity index is 1460. The summed E-state index contributed by atoms with van der Waals surface area (Å²) in [5, 5.41) is 36.8. The van der Waals surface area contributed by atoms with Gasteiger partial charge in [-0.25, -0.2) is 0 Å². The number of Topliss-reactive ketones (excluding diaryl/α,β-unsaturated/α-hetero) is 1. The third-order valence-electron chi connectivity index (χ3n) is 15.8. The number of aliphatic hydroxyl groups excluding tert-OH is 1. The van der Waals surface area contributed by atoms with Gasteiger partial charge in [0.25, 0.3) is 0 Å². The van der Waals surface area contributed by atoms with E-state index in [1.165, 1.54) is 0 Å². The molecule has 1 saturated carbocycles. The SMILES string of the molecule is CC[C@@H](C(=O)O)[C@@H]1O[C@@H]([C@@H](C)[C@H](O)[C@H](C)C(=O)[C@H](CC)[C@H]2O[C@]3(C=C[C@@H](NC4CC4)[C@]4(CC[C@@](C)([C@H]5CC[C@](O)(CC)[C@H](C)O5)O4)O3)[C@H](C)C[C@@H]2C)[C@@H](C)C[C@@H]1C. The lowest BCUT2D eigenvalue weighted by Gasteiger charge is -2.55. The molecule has 11 nitrogen and oxygen atoms in total. The van der Waals surface area contributed by atoms with E-state index in [0.717, 1.165) is 32.1 Å². The minimum Gasteiger partial charge on any atom is -0.481 e. The van der Waals surface area contributed by atoms with Crippen LogP contribution in [0.4, 0.5) is 0 Å². The van der Waals surface area contributed by atoms with Gasteiger partial charge in [-0.3, -0.25) is 9.59 Å². The fourth-order valence-electron chi connectivity index (χ4n) is 11.7. The van der Waals surface area contributed by atoms with Crippen molar-refractivity contribution in [2.75, 3.05) is 0 Å². The third-order valence-corrected chi connectivity index (χ3v) is 15.8. The fourth-order valence-corrected chi connectivity index (χ4v) is 11.7. The van der Waals surface area contributed by atoms with E-state index >= 15 is 0 Å². The largest absolute Gasteiger partial charge is 0.481 e. The Morgan fingerprint density at radius 3 is 2.09 bits per heavy atom. The zero-order chi connectivity index (χ0) is 41.8. The summed E-state index contributed by atoms with van der Waals surface area (Å²) in [6, 6.07) is 0.224. The molecule has 6 rings (SSSR count). The number of rotatable bonds is 14. The van der Waals surface area contributed by atoms with Gasteiger partial charge in [0, 0.05) is 36.1 Å². The summed E-state index contributed by atoms with van der Waals surface area (Å²) >= 11 is 0. The molecule has 5 aliphatic heterocycles. The summed E-state index contributed by atoms with van der Waals surface area (Å²) in [6.07, 6.45) is 9.72. The molecule has 1 aliphatic carbocycles. The highest BCUT2D eigenvalue weighted by atomic mass is 16.8. The Hall–Kier alpha value is -1.44. The molecule has 0 aromatic heterocycles. The molecule has 0 bridgehead atoms. The van der Waals surface area contributed by atoms with Crippen LogP contribution in [0.15, 0.2) is 12.2 Å². The minimum absolute atomic E-state index is 0.0200. The highest BCUT2D eigenvalue weighted by Gasteiger charge is 2.63. The van der Waals surface area contributed by atoms with Gasteiger partial charge in [-0.1, -0.05) is 68.4 Å². The number of ketones is 1. The molecule has 2 spiro atoms. The summed E-state index contributed by atoms with van der Waals surface area (Å²) in [5.41, 5.74) is -1.47. The average molecular weight is 804 g/mol. The van der Waals surface area contributed by atoms with E-state index in [-0.39, 0.29) is 59.7 Å². The second kappa shape index (κ2) is 17.1. The van der Waals surface area contributed by atoms with Crippen molar-refractivity contribution in [1.29, 1.82) is 0 Å². The van der Waals surface area contributed by atoms with Gasteiger partial charge in [0.15, 0.2) is 11.6 Å². The van der Waals surface area contributed by atoms with Gasteiger partial charge in [0.2, 0.25) is 0 Å². The standard InChI is InChI=1S/C46H77NO10/c1-12-33(38(49)29(8)37(48)30(9)39-25(4)23-26(5)40(54-39)34(13-2)42(50)51)41-27(6)24-28(7)45(55-41)20-17-35(47-32-15-16-32)46(57-45)22-21-43(11,56-46)36-18-19-44(52,14-3)31(10)53-36/h17,20,25-37,39-41,47-48,52H,12-16,18-19,21-24H2,1-11H3,(H,50,51)/t25-,26-,27-,28+,29-,30-,31-,33-,34+,35+,36+,37+,39+,40+,41-,43-,44+,45-,46-/m0/s1. The number of carboxylic acid groups (broad SMARTS) is 1. The number of ether oxygens (including phenoxy) is 5. The van der Waals surface area contributed by atoms with Crippen molar-refractivity contribution in [3.05, 3.63) is 12.2 Å². The van der Waals surface area contributed by atoms with Crippen LogP contribution in [0.1, 0.15) is 147 Å². The topological polar surface area (TPSA) is 153 Å². The number of hydrogen-bond donors (Lipinski definition) is 4. The molecule has 19 atom stereocenters. The molecule has 326 valence electrons. The summed E-state index contributed by atoms with van der Waals surface area (Å²) < 4.78 is 34.9. The Kier molecular flexibility index (Phi) is 13.6. The molecule has 4 N–H and O–H groups in total. The van der Waals surface area contributed by atoms with Crippen molar-refractivity contribution in [2.45, 2.75) is 218 Å². The average Bonchev–Trinajstić information content (AvgIpc) is 3.93. The predicted molar refractivity (Wildman–Crippen MR) is 217 cm³/mol. The lowest BCUT2D eigenvalue weighted by atomic mass is 9.72. The van der Waals surface area contributed by atoms with E-state index in [1.54, 1.807) is 0 Å². The summed E-state index contributed by atoms with van der Waals surface area (Å²) in [4.78, 5) is 26.8. The lowest BCUT2D eigenvalue weighted by molar-refractivity contribution is -0.398. The van der Waals surface area contributed by atoms with Crippen LogP contribution >= 0.6 is 0 Å². The molecule has 5 heterocycles. The van der Waals surface area contributed by atoms with E-state index in [1.807, 2.05) is 48.5 Å². The number of carbonyl (C=O) groups excluding carboxylic acids is 1. The van der Waals surface area contributed by atoms with Gasteiger partial charge < -0.3 is 44.3 Å². The van der Waals surface area contributed by atoms with Crippen LogP contribution in [-0.2, 0) is 33.3 Å². The molecule has 6 aliphatic rings. The highest BCUT2D eigenvalue weighted by molar-refractivity contribution is 5.84. The maximum Gasteiger partial charge on any atom is 0.309 e. The molecule has 0 radical (unpaired) electrons. The summed E-state index contributed by atoms with van der Waals surface area (Å²) in [7, 11) is 0. The number of nitrogens with one attached hydrogen (secondary N) is 1. The lowest BCUT2D eigenvalue weighted by Crippen LogP contribution is -2.65. The maximum atomic E-state index is 14.6. The molecule has 0 unspecified atom stereocenters. The zero-order valence-electron chi connectivity index (χ0n) is 36.9.